The van der Waals surface area contributed by atoms with Gasteiger partial charge in [-0.1, -0.05) is 72.0 Å². The number of halogens is 4. The fourth-order valence-corrected chi connectivity index (χ4v) is 12.3. The van der Waals surface area contributed by atoms with Gasteiger partial charge in [0, 0.05) is 0 Å². The highest BCUT2D eigenvalue weighted by atomic mass is 35.8. The fourth-order valence-electron chi connectivity index (χ4n) is 1.70. The van der Waals surface area contributed by atoms with Gasteiger partial charge in [0.05, 0.1) is 0 Å². The summed E-state index contributed by atoms with van der Waals surface area (Å²) in [4.78, 5) is 0. The smallest absolute Gasteiger partial charge is 0.386 e. The Kier molecular flexibility index (Phi) is 8.60. The van der Waals surface area contributed by atoms with Gasteiger partial charge < -0.3 is 4.12 Å². The summed E-state index contributed by atoms with van der Waals surface area (Å²) in [5, 5.41) is 0. The molecule has 0 aromatic rings. The van der Waals surface area contributed by atoms with Crippen molar-refractivity contribution in [2.75, 3.05) is 26.2 Å². The molecule has 0 saturated carbocycles. The lowest BCUT2D eigenvalue weighted by Gasteiger charge is -2.42. The van der Waals surface area contributed by atoms with Crippen molar-refractivity contribution in [3.8, 4) is 0 Å². The molecule has 0 saturated heterocycles. The van der Waals surface area contributed by atoms with Crippen molar-refractivity contribution in [1.82, 2.24) is 9.13 Å². The van der Waals surface area contributed by atoms with Gasteiger partial charge in [-0.2, -0.15) is 0 Å². The largest absolute Gasteiger partial charge is 0.486 e. The Morgan fingerprint density at radius 3 is 1.24 bits per heavy atom. The molecule has 17 heavy (non-hydrogen) atoms. The van der Waals surface area contributed by atoms with E-state index in [0.717, 1.165) is 26.2 Å². The first-order valence-corrected chi connectivity index (χ1v) is 13.5. The monoisotopic (exact) mass is 356 g/mol. The zero-order valence-corrected chi connectivity index (χ0v) is 15.7. The topological polar surface area (TPSA) is 15.7 Å². The quantitative estimate of drug-likeness (QED) is 0.488. The molecule has 9 heteroatoms. The van der Waals surface area contributed by atoms with Gasteiger partial charge in [-0.15, -0.1) is 0 Å². The molecule has 0 bridgehead atoms. The zero-order chi connectivity index (χ0) is 13.7. The van der Waals surface area contributed by atoms with E-state index in [4.69, 9.17) is 48.4 Å². The van der Waals surface area contributed by atoms with Crippen LogP contribution in [0.3, 0.4) is 0 Å². The molecule has 3 nitrogen and oxygen atoms in total. The van der Waals surface area contributed by atoms with Crippen LogP contribution in [0, 0.1) is 0 Å². The van der Waals surface area contributed by atoms with E-state index >= 15 is 0 Å². The van der Waals surface area contributed by atoms with Crippen molar-refractivity contribution in [2.45, 2.75) is 27.7 Å². The maximum Gasteiger partial charge on any atom is 0.486 e. The van der Waals surface area contributed by atoms with Crippen molar-refractivity contribution in [1.29, 1.82) is 0 Å². The molecule has 0 aromatic heterocycles. The minimum absolute atomic E-state index is 0.776. The molecule has 0 atom stereocenters. The van der Waals surface area contributed by atoms with Gasteiger partial charge in [-0.05, 0) is 26.2 Å². The van der Waals surface area contributed by atoms with Gasteiger partial charge in [-0.25, -0.2) is 0 Å². The molecule has 0 spiro atoms. The van der Waals surface area contributed by atoms with Crippen LogP contribution >= 0.6 is 44.3 Å². The summed E-state index contributed by atoms with van der Waals surface area (Å²) in [5.74, 6) is 0. The fraction of sp³-hybridized carbons (Fsp3) is 1.00. The van der Waals surface area contributed by atoms with Crippen molar-refractivity contribution in [3.05, 3.63) is 0 Å². The third-order valence-corrected chi connectivity index (χ3v) is 11.6. The molecule has 0 aliphatic heterocycles. The van der Waals surface area contributed by atoms with Crippen LogP contribution in [0.5, 0.6) is 0 Å². The first kappa shape index (κ1) is 18.5. The Hall–Kier alpha value is 1.47. The summed E-state index contributed by atoms with van der Waals surface area (Å²) < 4.78 is 9.84. The van der Waals surface area contributed by atoms with Gasteiger partial charge in [0.1, 0.15) is 0 Å². The van der Waals surface area contributed by atoms with Crippen LogP contribution in [0.2, 0.25) is 0 Å². The van der Waals surface area contributed by atoms with Crippen LogP contribution in [0.4, 0.5) is 0 Å². The average molecular weight is 358 g/mol. The molecule has 0 aliphatic rings. The SMILES string of the molecule is CCN(CC)[Si](Cl)(O[Si](Cl)(Cl)Cl)N(CC)CC. The summed E-state index contributed by atoms with van der Waals surface area (Å²) in [6, 6.07) is 0. The van der Waals surface area contributed by atoms with Gasteiger partial charge >= 0.3 is 14.2 Å². The van der Waals surface area contributed by atoms with Crippen molar-refractivity contribution < 1.29 is 4.12 Å². The van der Waals surface area contributed by atoms with Gasteiger partial charge in [-0.3, -0.25) is 9.13 Å². The lowest BCUT2D eigenvalue weighted by atomic mass is 10.7. The average Bonchev–Trinajstić information content (AvgIpc) is 2.18. The van der Waals surface area contributed by atoms with Crippen molar-refractivity contribution >= 4 is 58.5 Å². The summed E-state index contributed by atoms with van der Waals surface area (Å²) in [6.07, 6.45) is -3.22. The molecule has 0 rings (SSSR count). The third-order valence-electron chi connectivity index (χ3n) is 2.55. The van der Waals surface area contributed by atoms with Gasteiger partial charge in [0.25, 0.3) is 0 Å². The minimum Gasteiger partial charge on any atom is -0.386 e. The highest BCUT2D eigenvalue weighted by Gasteiger charge is 2.51. The van der Waals surface area contributed by atoms with E-state index < -0.39 is 14.2 Å². The van der Waals surface area contributed by atoms with Crippen LogP contribution in [0.1, 0.15) is 27.7 Å². The summed E-state index contributed by atoms with van der Waals surface area (Å²) >= 11 is 24.3. The second-order valence-corrected chi connectivity index (χ2v) is 15.5. The Morgan fingerprint density at radius 2 is 1.06 bits per heavy atom. The standard InChI is InChI=1S/C8H20Cl4N2OSi2/c1-5-13(6-2)17(12,14(7-3)8-4)15-16(9,10)11/h5-8H2,1-4H3. The molecule has 0 N–H and O–H groups in total. The maximum atomic E-state index is 6.71. The number of nitrogens with zero attached hydrogens (tertiary/aromatic N) is 2. The first-order chi connectivity index (χ1) is 7.75. The second kappa shape index (κ2) is 7.92. The van der Waals surface area contributed by atoms with E-state index in [-0.39, 0.29) is 0 Å². The summed E-state index contributed by atoms with van der Waals surface area (Å²) in [6.45, 7) is 11.2. The zero-order valence-electron chi connectivity index (χ0n) is 10.6. The molecule has 0 aliphatic carbocycles. The molecule has 104 valence electrons. The first-order valence-electron chi connectivity index (χ1n) is 5.70. The van der Waals surface area contributed by atoms with E-state index in [0.29, 0.717) is 0 Å². The normalized spacial score (nSPS) is 13.8. The molecule has 0 heterocycles. The highest BCUT2D eigenvalue weighted by molar-refractivity contribution is 7.63. The molecule has 0 fully saturated rings. The van der Waals surface area contributed by atoms with Crippen LogP contribution in [0.25, 0.3) is 0 Å². The molecule has 0 unspecified atom stereocenters. The van der Waals surface area contributed by atoms with Gasteiger partial charge in [0.2, 0.25) is 0 Å². The van der Waals surface area contributed by atoms with E-state index in [1.165, 1.54) is 0 Å². The number of rotatable bonds is 8. The van der Waals surface area contributed by atoms with Crippen molar-refractivity contribution in [2.24, 2.45) is 0 Å². The summed E-state index contributed by atoms with van der Waals surface area (Å²) in [7, 11) is -2.84. The van der Waals surface area contributed by atoms with Crippen LogP contribution in [-0.2, 0) is 4.12 Å². The maximum absolute atomic E-state index is 6.71. The predicted octanol–water partition coefficient (Wildman–Crippen LogP) is 3.51. The Morgan fingerprint density at radius 1 is 0.765 bits per heavy atom. The second-order valence-electron chi connectivity index (χ2n) is 3.42. The lowest BCUT2D eigenvalue weighted by molar-refractivity contribution is 0.291. The Labute approximate surface area is 125 Å². The minimum atomic E-state index is -3.22. The van der Waals surface area contributed by atoms with E-state index in [9.17, 15) is 0 Å². The third kappa shape index (κ3) is 5.54. The molecular formula is C8H20Cl4N2OSi2. The number of hydrogen-bond acceptors (Lipinski definition) is 3. The lowest BCUT2D eigenvalue weighted by Crippen LogP contribution is -2.66. The Bertz CT molecular complexity index is 210. The summed E-state index contributed by atoms with van der Waals surface area (Å²) in [5.41, 5.74) is 0. The highest BCUT2D eigenvalue weighted by Crippen LogP contribution is 2.32. The molecule has 0 radical (unpaired) electrons. The van der Waals surface area contributed by atoms with E-state index in [1.807, 2.05) is 27.7 Å². The van der Waals surface area contributed by atoms with E-state index in [2.05, 4.69) is 9.13 Å². The molecule has 0 amide bonds. The Balaban J connectivity index is 5.17. The molecule has 0 aromatic carbocycles. The van der Waals surface area contributed by atoms with Crippen LogP contribution in [-0.4, -0.2) is 49.5 Å². The van der Waals surface area contributed by atoms with Gasteiger partial charge in [0.15, 0.2) is 0 Å². The molecular weight excluding hydrogens is 338 g/mol. The predicted molar refractivity (Wildman–Crippen MR) is 81.8 cm³/mol. The van der Waals surface area contributed by atoms with Crippen LogP contribution < -0.4 is 0 Å². The number of hydrogen-bond donors (Lipinski definition) is 0. The van der Waals surface area contributed by atoms with E-state index in [1.54, 1.807) is 0 Å². The van der Waals surface area contributed by atoms with Crippen molar-refractivity contribution in [3.63, 3.8) is 0 Å². The van der Waals surface area contributed by atoms with Crippen LogP contribution in [0.15, 0.2) is 0 Å².